The summed E-state index contributed by atoms with van der Waals surface area (Å²) in [6.07, 6.45) is 3.16. The van der Waals surface area contributed by atoms with Gasteiger partial charge in [-0.3, -0.25) is 0 Å². The minimum atomic E-state index is -3.22. The first-order valence-electron chi connectivity index (χ1n) is 7.11. The molecule has 1 N–H and O–H groups in total. The van der Waals surface area contributed by atoms with E-state index in [9.17, 15) is 16.8 Å². The molecule has 122 valence electrons. The maximum atomic E-state index is 11.9. The monoisotopic (exact) mass is 327 g/mol. The number of rotatable bonds is 10. The summed E-state index contributed by atoms with van der Waals surface area (Å²) in [7, 11) is -6.21. The van der Waals surface area contributed by atoms with Crippen LogP contribution in [-0.4, -0.2) is 51.9 Å². The highest BCUT2D eigenvalue weighted by molar-refractivity contribution is 7.92. The molecule has 0 radical (unpaired) electrons. The fourth-order valence-electron chi connectivity index (χ4n) is 1.92. The van der Waals surface area contributed by atoms with Crippen molar-refractivity contribution in [1.82, 2.24) is 5.32 Å². The molecule has 0 aromatic heterocycles. The van der Waals surface area contributed by atoms with Crippen molar-refractivity contribution >= 4 is 19.7 Å². The minimum absolute atomic E-state index is 0.119. The van der Waals surface area contributed by atoms with Crippen LogP contribution in [0, 0.1) is 0 Å². The molecule has 0 saturated carbocycles. The third-order valence-electron chi connectivity index (χ3n) is 3.82. The fourth-order valence-corrected chi connectivity index (χ4v) is 3.54. The van der Waals surface area contributed by atoms with Crippen molar-refractivity contribution in [2.45, 2.75) is 57.7 Å². The Labute approximate surface area is 124 Å². The SMILES string of the molecule is CCCNC(CCCS(=O)(=O)CC)C(C)(C)S(C)(=O)=O. The Bertz CT molecular complexity index is 481. The van der Waals surface area contributed by atoms with E-state index in [1.165, 1.54) is 6.26 Å². The average Bonchev–Trinajstić information content (AvgIpc) is 2.31. The maximum absolute atomic E-state index is 11.9. The van der Waals surface area contributed by atoms with Crippen LogP contribution < -0.4 is 5.32 Å². The molecule has 0 spiro atoms. The maximum Gasteiger partial charge on any atom is 0.154 e. The Hall–Kier alpha value is -0.140. The number of sulfone groups is 2. The van der Waals surface area contributed by atoms with E-state index in [2.05, 4.69) is 5.32 Å². The molecule has 1 unspecified atom stereocenters. The van der Waals surface area contributed by atoms with E-state index >= 15 is 0 Å². The van der Waals surface area contributed by atoms with Crippen LogP contribution >= 0.6 is 0 Å². The van der Waals surface area contributed by atoms with Crippen LogP contribution in [0.5, 0.6) is 0 Å². The third-order valence-corrected chi connectivity index (χ3v) is 7.81. The molecule has 20 heavy (non-hydrogen) atoms. The molecule has 0 fully saturated rings. The second-order valence-electron chi connectivity index (χ2n) is 5.76. The molecule has 0 rings (SSSR count). The molecule has 0 amide bonds. The summed E-state index contributed by atoms with van der Waals surface area (Å²) in [6.45, 7) is 7.76. The third kappa shape index (κ3) is 6.10. The summed E-state index contributed by atoms with van der Waals surface area (Å²) in [5.74, 6) is 0.253. The van der Waals surface area contributed by atoms with Crippen molar-refractivity contribution in [1.29, 1.82) is 0 Å². The molecule has 0 aliphatic rings. The quantitative estimate of drug-likeness (QED) is 0.656. The molecular formula is C13H29NO4S2. The largest absolute Gasteiger partial charge is 0.312 e. The van der Waals surface area contributed by atoms with Crippen LogP contribution in [0.1, 0.15) is 47.0 Å². The molecule has 1 atom stereocenters. The number of nitrogens with one attached hydrogen (secondary N) is 1. The molecule has 0 aliphatic carbocycles. The van der Waals surface area contributed by atoms with Crippen molar-refractivity contribution in [3.8, 4) is 0 Å². The number of hydrogen-bond donors (Lipinski definition) is 1. The average molecular weight is 328 g/mol. The van der Waals surface area contributed by atoms with Gasteiger partial charge >= 0.3 is 0 Å². The second-order valence-corrected chi connectivity index (χ2v) is 10.8. The minimum Gasteiger partial charge on any atom is -0.312 e. The fraction of sp³-hybridized carbons (Fsp3) is 1.00. The summed E-state index contributed by atoms with van der Waals surface area (Å²) < 4.78 is 45.9. The van der Waals surface area contributed by atoms with E-state index in [0.29, 0.717) is 12.8 Å². The lowest BCUT2D eigenvalue weighted by Crippen LogP contribution is -2.51. The molecule has 7 heteroatoms. The van der Waals surface area contributed by atoms with Gasteiger partial charge in [-0.2, -0.15) is 0 Å². The van der Waals surface area contributed by atoms with E-state index in [4.69, 9.17) is 0 Å². The standard InChI is InChI=1S/C13H29NO4S2/c1-6-10-14-12(13(3,4)19(5,15)16)9-8-11-20(17,18)7-2/h12,14H,6-11H2,1-5H3. The zero-order valence-corrected chi connectivity index (χ0v) is 14.9. The molecule has 0 heterocycles. The Morgan fingerprint density at radius 2 is 1.65 bits per heavy atom. The van der Waals surface area contributed by atoms with E-state index in [1.807, 2.05) is 6.92 Å². The Kier molecular flexibility index (Phi) is 7.70. The van der Waals surface area contributed by atoms with Gasteiger partial charge in [-0.1, -0.05) is 13.8 Å². The van der Waals surface area contributed by atoms with Crippen molar-refractivity contribution in [2.24, 2.45) is 0 Å². The van der Waals surface area contributed by atoms with Gasteiger partial charge in [0.05, 0.1) is 10.5 Å². The van der Waals surface area contributed by atoms with Crippen molar-refractivity contribution in [3.63, 3.8) is 0 Å². The van der Waals surface area contributed by atoms with Gasteiger partial charge in [0.2, 0.25) is 0 Å². The topological polar surface area (TPSA) is 80.3 Å². The van der Waals surface area contributed by atoms with Gasteiger partial charge in [0, 0.05) is 18.1 Å². The highest BCUT2D eigenvalue weighted by Crippen LogP contribution is 2.23. The van der Waals surface area contributed by atoms with E-state index in [0.717, 1.165) is 13.0 Å². The van der Waals surface area contributed by atoms with E-state index in [-0.39, 0.29) is 17.5 Å². The highest BCUT2D eigenvalue weighted by atomic mass is 32.2. The van der Waals surface area contributed by atoms with Gasteiger partial charge < -0.3 is 5.32 Å². The zero-order valence-electron chi connectivity index (χ0n) is 13.3. The van der Waals surface area contributed by atoms with E-state index in [1.54, 1.807) is 20.8 Å². The van der Waals surface area contributed by atoms with Gasteiger partial charge in [0.1, 0.15) is 9.84 Å². The van der Waals surface area contributed by atoms with Gasteiger partial charge in [-0.15, -0.1) is 0 Å². The van der Waals surface area contributed by atoms with Gasteiger partial charge in [0.15, 0.2) is 9.84 Å². The van der Waals surface area contributed by atoms with Crippen molar-refractivity contribution < 1.29 is 16.8 Å². The molecule has 5 nitrogen and oxygen atoms in total. The van der Waals surface area contributed by atoms with Gasteiger partial charge in [-0.05, 0) is 39.7 Å². The van der Waals surface area contributed by atoms with Crippen molar-refractivity contribution in [3.05, 3.63) is 0 Å². The van der Waals surface area contributed by atoms with Crippen LogP contribution in [0.15, 0.2) is 0 Å². The predicted molar refractivity (Wildman–Crippen MR) is 84.6 cm³/mol. The first kappa shape index (κ1) is 19.9. The van der Waals surface area contributed by atoms with Gasteiger partial charge in [-0.25, -0.2) is 16.8 Å². The summed E-state index contributed by atoms with van der Waals surface area (Å²) in [5, 5.41) is 3.25. The van der Waals surface area contributed by atoms with Crippen LogP contribution in [-0.2, 0) is 19.7 Å². The summed E-state index contributed by atoms with van der Waals surface area (Å²) >= 11 is 0. The van der Waals surface area contributed by atoms with Gasteiger partial charge in [0.25, 0.3) is 0 Å². The summed E-state index contributed by atoms with van der Waals surface area (Å²) in [4.78, 5) is 0. The molecule has 0 bridgehead atoms. The summed E-state index contributed by atoms with van der Waals surface area (Å²) in [5.41, 5.74) is 0. The normalized spacial score (nSPS) is 15.2. The molecule has 0 saturated heterocycles. The first-order valence-corrected chi connectivity index (χ1v) is 10.8. The highest BCUT2D eigenvalue weighted by Gasteiger charge is 2.38. The summed E-state index contributed by atoms with van der Waals surface area (Å²) in [6, 6.07) is -0.232. The predicted octanol–water partition coefficient (Wildman–Crippen LogP) is 1.39. The second kappa shape index (κ2) is 7.75. The smallest absolute Gasteiger partial charge is 0.154 e. The van der Waals surface area contributed by atoms with Crippen LogP contribution in [0.3, 0.4) is 0 Å². The lowest BCUT2D eigenvalue weighted by Gasteiger charge is -2.33. The molecule has 0 aromatic carbocycles. The Morgan fingerprint density at radius 1 is 1.10 bits per heavy atom. The lowest BCUT2D eigenvalue weighted by molar-refractivity contribution is 0.385. The molecule has 0 aliphatic heterocycles. The van der Waals surface area contributed by atoms with Crippen LogP contribution in [0.2, 0.25) is 0 Å². The van der Waals surface area contributed by atoms with Crippen LogP contribution in [0.4, 0.5) is 0 Å². The lowest BCUT2D eigenvalue weighted by atomic mass is 9.98. The zero-order chi connectivity index (χ0) is 16.0. The van der Waals surface area contributed by atoms with Crippen molar-refractivity contribution in [2.75, 3.05) is 24.3 Å². The number of hydrogen-bond acceptors (Lipinski definition) is 5. The Balaban J connectivity index is 4.83. The Morgan fingerprint density at radius 3 is 2.05 bits per heavy atom. The molecule has 0 aromatic rings. The van der Waals surface area contributed by atoms with E-state index < -0.39 is 24.4 Å². The van der Waals surface area contributed by atoms with Crippen LogP contribution in [0.25, 0.3) is 0 Å². The first-order chi connectivity index (χ1) is 8.98. The molecular weight excluding hydrogens is 298 g/mol.